The van der Waals surface area contributed by atoms with Crippen LogP contribution in [0.5, 0.6) is 0 Å². The van der Waals surface area contributed by atoms with Crippen molar-refractivity contribution >= 4 is 0 Å². The Labute approximate surface area is 148 Å². The maximum absolute atomic E-state index is 12.6. The zero-order chi connectivity index (χ0) is 9.97. The first-order valence-electron chi connectivity index (χ1n) is 4.30. The molecule has 2 rings (SSSR count). The SMILES string of the molecule is [CH2-]c1ccc(-c2ccc(F)cn2)cc1.[Cs+]. The third-order valence-corrected chi connectivity index (χ3v) is 1.98. The molecule has 15 heavy (non-hydrogen) atoms. The van der Waals surface area contributed by atoms with Gasteiger partial charge in [-0.05, 0) is 17.7 Å². The summed E-state index contributed by atoms with van der Waals surface area (Å²) < 4.78 is 12.6. The monoisotopic (exact) mass is 319 g/mol. The molecular formula is C12H9CsFN. The van der Waals surface area contributed by atoms with Crippen molar-refractivity contribution in [2.24, 2.45) is 0 Å². The first-order valence-corrected chi connectivity index (χ1v) is 4.30. The van der Waals surface area contributed by atoms with Gasteiger partial charge < -0.3 is 0 Å². The molecular weight excluding hydrogens is 310 g/mol. The van der Waals surface area contributed by atoms with Crippen molar-refractivity contribution in [3.05, 3.63) is 60.9 Å². The molecule has 0 amide bonds. The maximum Gasteiger partial charge on any atom is 1.00 e. The summed E-state index contributed by atoms with van der Waals surface area (Å²) in [6.07, 6.45) is 1.22. The van der Waals surface area contributed by atoms with E-state index in [0.29, 0.717) is 0 Å². The standard InChI is InChI=1S/C12H9FN.Cs/c1-9-2-4-10(5-3-9)12-7-6-11(13)8-14-12;/h2-8H,1H2;/q-1;+1. The van der Waals surface area contributed by atoms with E-state index >= 15 is 0 Å². The van der Waals surface area contributed by atoms with Crippen molar-refractivity contribution in [2.75, 3.05) is 0 Å². The Morgan fingerprint density at radius 3 is 2.20 bits per heavy atom. The molecule has 1 aromatic heterocycles. The Bertz CT molecular complexity index is 379. The van der Waals surface area contributed by atoms with Gasteiger partial charge in [-0.15, -0.1) is 12.1 Å². The molecule has 0 fully saturated rings. The smallest absolute Gasteiger partial charge is 0.253 e. The summed E-state index contributed by atoms with van der Waals surface area (Å²) in [5.74, 6) is -0.317. The molecule has 0 unspecified atom stereocenters. The fraction of sp³-hybridized carbons (Fsp3) is 0. The van der Waals surface area contributed by atoms with Crippen molar-refractivity contribution in [3.8, 4) is 11.3 Å². The van der Waals surface area contributed by atoms with Gasteiger partial charge in [0, 0.05) is 0 Å². The molecule has 70 valence electrons. The summed E-state index contributed by atoms with van der Waals surface area (Å²) >= 11 is 0. The van der Waals surface area contributed by atoms with Gasteiger partial charge in [0.1, 0.15) is 5.82 Å². The van der Waals surface area contributed by atoms with Crippen LogP contribution in [0.3, 0.4) is 0 Å². The topological polar surface area (TPSA) is 12.9 Å². The molecule has 2 aromatic rings. The molecule has 1 aromatic carbocycles. The molecule has 1 nitrogen and oxygen atoms in total. The first kappa shape index (κ1) is 13.3. The van der Waals surface area contributed by atoms with Gasteiger partial charge in [0.25, 0.3) is 0 Å². The second-order valence-electron chi connectivity index (χ2n) is 3.06. The zero-order valence-corrected chi connectivity index (χ0v) is 14.9. The van der Waals surface area contributed by atoms with E-state index in [1.807, 2.05) is 24.3 Å². The predicted molar refractivity (Wildman–Crippen MR) is 54.1 cm³/mol. The van der Waals surface area contributed by atoms with E-state index in [0.717, 1.165) is 16.8 Å². The van der Waals surface area contributed by atoms with Crippen LogP contribution in [0.25, 0.3) is 11.3 Å². The molecule has 0 radical (unpaired) electrons. The van der Waals surface area contributed by atoms with Crippen molar-refractivity contribution < 1.29 is 73.3 Å². The Morgan fingerprint density at radius 2 is 1.67 bits per heavy atom. The van der Waals surface area contributed by atoms with Crippen LogP contribution in [0, 0.1) is 12.7 Å². The van der Waals surface area contributed by atoms with Crippen LogP contribution in [0.15, 0.2) is 42.6 Å². The first-order chi connectivity index (χ1) is 6.75. The van der Waals surface area contributed by atoms with E-state index < -0.39 is 0 Å². The quantitative estimate of drug-likeness (QED) is 0.678. The molecule has 0 aliphatic heterocycles. The predicted octanol–water partition coefficient (Wildman–Crippen LogP) is 0.0739. The molecule has 0 atom stereocenters. The van der Waals surface area contributed by atoms with Crippen LogP contribution in [0.4, 0.5) is 4.39 Å². The van der Waals surface area contributed by atoms with Crippen molar-refractivity contribution in [3.63, 3.8) is 0 Å². The number of benzene rings is 1. The van der Waals surface area contributed by atoms with Crippen molar-refractivity contribution in [1.29, 1.82) is 0 Å². The Balaban J connectivity index is 0.00000112. The number of halogens is 1. The fourth-order valence-electron chi connectivity index (χ4n) is 1.22. The third kappa shape index (κ3) is 3.62. The van der Waals surface area contributed by atoms with Crippen LogP contribution in [-0.2, 0) is 0 Å². The van der Waals surface area contributed by atoms with E-state index in [9.17, 15) is 4.39 Å². The van der Waals surface area contributed by atoms with Gasteiger partial charge in [-0.2, -0.15) is 24.6 Å². The largest absolute Gasteiger partial charge is 1.00 e. The van der Waals surface area contributed by atoms with Crippen molar-refractivity contribution in [1.82, 2.24) is 4.98 Å². The molecule has 0 aliphatic rings. The van der Waals surface area contributed by atoms with Gasteiger partial charge in [0.15, 0.2) is 0 Å². The van der Waals surface area contributed by atoms with Crippen LogP contribution >= 0.6 is 0 Å². The summed E-state index contributed by atoms with van der Waals surface area (Å²) in [7, 11) is 0. The second-order valence-corrected chi connectivity index (χ2v) is 3.06. The molecule has 1 heterocycles. The van der Waals surface area contributed by atoms with Gasteiger partial charge in [-0.3, -0.25) is 4.98 Å². The molecule has 0 spiro atoms. The van der Waals surface area contributed by atoms with E-state index in [1.54, 1.807) is 6.07 Å². The summed E-state index contributed by atoms with van der Waals surface area (Å²) in [6.45, 7) is 3.79. The number of rotatable bonds is 1. The van der Waals surface area contributed by atoms with Gasteiger partial charge in [0.2, 0.25) is 0 Å². The van der Waals surface area contributed by atoms with E-state index in [4.69, 9.17) is 0 Å². The number of hydrogen-bond donors (Lipinski definition) is 0. The summed E-state index contributed by atoms with van der Waals surface area (Å²) in [5.41, 5.74) is 2.69. The minimum atomic E-state index is -0.317. The normalized spacial score (nSPS) is 9.40. The molecule has 0 bridgehead atoms. The molecule has 0 aliphatic carbocycles. The molecule has 3 heteroatoms. The average Bonchev–Trinajstić information content (AvgIpc) is 2.21. The minimum Gasteiger partial charge on any atom is -0.253 e. The van der Waals surface area contributed by atoms with Gasteiger partial charge in [-0.25, -0.2) is 4.39 Å². The zero-order valence-electron chi connectivity index (χ0n) is 8.57. The van der Waals surface area contributed by atoms with E-state index in [-0.39, 0.29) is 74.7 Å². The van der Waals surface area contributed by atoms with E-state index in [2.05, 4.69) is 11.9 Å². The number of aromatic nitrogens is 1. The minimum absolute atomic E-state index is 0. The summed E-state index contributed by atoms with van der Waals surface area (Å²) in [6, 6.07) is 10.7. The van der Waals surface area contributed by atoms with Crippen LogP contribution in [-0.4, -0.2) is 4.98 Å². The average molecular weight is 319 g/mol. The van der Waals surface area contributed by atoms with Gasteiger partial charge in [-0.1, -0.05) is 0 Å². The van der Waals surface area contributed by atoms with Crippen molar-refractivity contribution in [2.45, 2.75) is 0 Å². The molecule has 0 saturated heterocycles. The molecule has 0 N–H and O–H groups in total. The van der Waals surface area contributed by atoms with Crippen LogP contribution < -0.4 is 68.9 Å². The second kappa shape index (κ2) is 6.08. The molecule has 0 saturated carbocycles. The van der Waals surface area contributed by atoms with E-state index in [1.165, 1.54) is 12.3 Å². The van der Waals surface area contributed by atoms with Crippen LogP contribution in [0.2, 0.25) is 0 Å². The maximum atomic E-state index is 12.6. The number of nitrogens with zero attached hydrogens (tertiary/aromatic N) is 1. The Kier molecular flexibility index (Phi) is 5.39. The number of pyridine rings is 1. The summed E-state index contributed by atoms with van der Waals surface area (Å²) in [4.78, 5) is 3.98. The summed E-state index contributed by atoms with van der Waals surface area (Å²) in [5, 5.41) is 0. The number of hydrogen-bond acceptors (Lipinski definition) is 1. The Hall–Kier alpha value is 0.222. The third-order valence-electron chi connectivity index (χ3n) is 1.98. The fourth-order valence-corrected chi connectivity index (χ4v) is 1.22. The van der Waals surface area contributed by atoms with Crippen LogP contribution in [0.1, 0.15) is 5.56 Å². The Morgan fingerprint density at radius 1 is 1.00 bits per heavy atom. The van der Waals surface area contributed by atoms with Gasteiger partial charge in [0.05, 0.1) is 11.9 Å². The van der Waals surface area contributed by atoms with Gasteiger partial charge >= 0.3 is 68.9 Å².